The number of aliphatic imine (C=N–C) groups is 1. The summed E-state index contributed by atoms with van der Waals surface area (Å²) in [5.74, 6) is 0.600. The van der Waals surface area contributed by atoms with E-state index in [0.29, 0.717) is 11.9 Å². The zero-order valence-corrected chi connectivity index (χ0v) is 6.46. The quantitative estimate of drug-likeness (QED) is 0.484. The van der Waals surface area contributed by atoms with Crippen molar-refractivity contribution in [3.8, 4) is 0 Å². The summed E-state index contributed by atoms with van der Waals surface area (Å²) in [5, 5.41) is 3.56. The minimum absolute atomic E-state index is 0.576. The molecule has 1 rings (SSSR count). The summed E-state index contributed by atoms with van der Waals surface area (Å²) in [6.45, 7) is 3.66. The van der Waals surface area contributed by atoms with Gasteiger partial charge in [0.05, 0.1) is 0 Å². The van der Waals surface area contributed by atoms with Gasteiger partial charge in [-0.2, -0.15) is 0 Å². The average molecular weight is 141 g/mol. The average Bonchev–Trinajstić information content (AvgIpc) is 2.17. The molecule has 4 nitrogen and oxygen atoms in total. The summed E-state index contributed by atoms with van der Waals surface area (Å²) >= 11 is 0. The van der Waals surface area contributed by atoms with Crippen LogP contribution in [0.1, 0.15) is 0 Å². The highest BCUT2D eigenvalue weighted by molar-refractivity contribution is 5.75. The molecule has 0 atom stereocenters. The van der Waals surface area contributed by atoms with Crippen LogP contribution in [0.5, 0.6) is 0 Å². The van der Waals surface area contributed by atoms with Crippen LogP contribution in [0.3, 0.4) is 0 Å². The van der Waals surface area contributed by atoms with Crippen molar-refractivity contribution in [3.63, 3.8) is 0 Å². The van der Waals surface area contributed by atoms with Gasteiger partial charge < -0.3 is 4.74 Å². The van der Waals surface area contributed by atoms with E-state index in [4.69, 9.17) is 4.74 Å². The van der Waals surface area contributed by atoms with Gasteiger partial charge in [0, 0.05) is 21.1 Å². The molecule has 4 heteroatoms. The molecule has 1 saturated heterocycles. The molecule has 0 saturated carbocycles. The Kier molecular flexibility index (Phi) is 1.53. The van der Waals surface area contributed by atoms with Crippen molar-refractivity contribution in [2.24, 2.45) is 4.99 Å². The number of amidine groups is 1. The molecule has 0 aromatic carbocycles. The van der Waals surface area contributed by atoms with E-state index in [1.165, 1.54) is 0 Å². The van der Waals surface area contributed by atoms with Crippen LogP contribution in [0.4, 0.5) is 0 Å². The molecule has 1 aliphatic heterocycles. The van der Waals surface area contributed by atoms with Crippen LogP contribution in [0.2, 0.25) is 0 Å². The monoisotopic (exact) mass is 141 g/mol. The first-order valence-corrected chi connectivity index (χ1v) is 2.97. The summed E-state index contributed by atoms with van der Waals surface area (Å²) in [7, 11) is 5.40. The first-order valence-electron chi connectivity index (χ1n) is 2.97. The van der Waals surface area contributed by atoms with Crippen LogP contribution >= 0.6 is 0 Å². The van der Waals surface area contributed by atoms with Gasteiger partial charge >= 0.3 is 6.02 Å². The number of hydrogen-bond acceptors (Lipinski definition) is 3. The predicted octanol–water partition coefficient (Wildman–Crippen LogP) is 0.252. The predicted molar refractivity (Wildman–Crippen MR) is 39.1 cm³/mol. The molecule has 0 aliphatic carbocycles. The van der Waals surface area contributed by atoms with Crippen molar-refractivity contribution in [1.82, 2.24) is 10.0 Å². The van der Waals surface area contributed by atoms with Gasteiger partial charge in [-0.1, -0.05) is 0 Å². The molecule has 1 heterocycles. The zero-order chi connectivity index (χ0) is 7.72. The fourth-order valence-electron chi connectivity index (χ4n) is 0.723. The highest BCUT2D eigenvalue weighted by Gasteiger charge is 2.24. The lowest BCUT2D eigenvalue weighted by molar-refractivity contribution is 0.168. The maximum atomic E-state index is 5.14. The SMILES string of the molecule is C=C1OC(=NC)N(C)N1C. The van der Waals surface area contributed by atoms with Crippen LogP contribution < -0.4 is 0 Å². The van der Waals surface area contributed by atoms with E-state index in [1.807, 2.05) is 14.1 Å². The van der Waals surface area contributed by atoms with Gasteiger partial charge in [0.25, 0.3) is 0 Å². The van der Waals surface area contributed by atoms with E-state index in [2.05, 4.69) is 11.6 Å². The van der Waals surface area contributed by atoms with Gasteiger partial charge in [0.15, 0.2) is 0 Å². The second-order valence-corrected chi connectivity index (χ2v) is 2.05. The van der Waals surface area contributed by atoms with Gasteiger partial charge in [-0.3, -0.25) is 5.01 Å². The Labute approximate surface area is 60.4 Å². The highest BCUT2D eigenvalue weighted by atomic mass is 16.6. The fourth-order valence-corrected chi connectivity index (χ4v) is 0.723. The molecule has 0 spiro atoms. The first kappa shape index (κ1) is 6.92. The lowest BCUT2D eigenvalue weighted by atomic mass is 10.8. The van der Waals surface area contributed by atoms with E-state index < -0.39 is 0 Å². The second-order valence-electron chi connectivity index (χ2n) is 2.05. The van der Waals surface area contributed by atoms with E-state index in [0.717, 1.165) is 0 Å². The molecular formula is C6H11N3O. The van der Waals surface area contributed by atoms with Crippen LogP contribution in [0, 0.1) is 0 Å². The molecule has 10 heavy (non-hydrogen) atoms. The van der Waals surface area contributed by atoms with Crippen molar-refractivity contribution in [3.05, 3.63) is 12.5 Å². The molecule has 56 valence electrons. The van der Waals surface area contributed by atoms with Gasteiger partial charge in [-0.05, 0) is 6.58 Å². The van der Waals surface area contributed by atoms with Crippen LogP contribution in [-0.2, 0) is 4.74 Å². The molecule has 0 N–H and O–H groups in total. The minimum Gasteiger partial charge on any atom is -0.407 e. The molecule has 0 aromatic rings. The Morgan fingerprint density at radius 1 is 1.40 bits per heavy atom. The van der Waals surface area contributed by atoms with Crippen molar-refractivity contribution in [2.75, 3.05) is 21.1 Å². The van der Waals surface area contributed by atoms with E-state index in [1.54, 1.807) is 17.1 Å². The van der Waals surface area contributed by atoms with Gasteiger partial charge in [0.2, 0.25) is 5.88 Å². The third-order valence-corrected chi connectivity index (χ3v) is 1.49. The summed E-state index contributed by atoms with van der Waals surface area (Å²) < 4.78 is 5.14. The smallest absolute Gasteiger partial charge is 0.313 e. The Balaban J connectivity index is 2.81. The summed E-state index contributed by atoms with van der Waals surface area (Å²) in [4.78, 5) is 3.89. The second kappa shape index (κ2) is 2.21. The first-order chi connectivity index (χ1) is 4.66. The zero-order valence-electron chi connectivity index (χ0n) is 6.46. The standard InChI is InChI=1S/C6H11N3O/c1-5-8(3)9(4)6(7-2)10-5/h1H2,2-4H3. The number of rotatable bonds is 0. The van der Waals surface area contributed by atoms with Crippen molar-refractivity contribution < 1.29 is 4.74 Å². The molecular weight excluding hydrogens is 130 g/mol. The third-order valence-electron chi connectivity index (χ3n) is 1.49. The largest absolute Gasteiger partial charge is 0.407 e. The molecule has 0 bridgehead atoms. The molecule has 1 fully saturated rings. The Bertz CT molecular complexity index is 187. The summed E-state index contributed by atoms with van der Waals surface area (Å²) in [6.07, 6.45) is 0. The van der Waals surface area contributed by atoms with E-state index in [9.17, 15) is 0 Å². The topological polar surface area (TPSA) is 28.1 Å². The Morgan fingerprint density at radius 3 is 2.20 bits per heavy atom. The van der Waals surface area contributed by atoms with Crippen molar-refractivity contribution in [2.45, 2.75) is 0 Å². The van der Waals surface area contributed by atoms with Crippen LogP contribution in [-0.4, -0.2) is 37.2 Å². The maximum Gasteiger partial charge on any atom is 0.313 e. The lowest BCUT2D eigenvalue weighted by Crippen LogP contribution is -2.31. The maximum absolute atomic E-state index is 5.14. The molecule has 1 aliphatic rings. The van der Waals surface area contributed by atoms with Gasteiger partial charge in [0.1, 0.15) is 0 Å². The number of ether oxygens (including phenoxy) is 1. The number of hydrogen-bond donors (Lipinski definition) is 0. The summed E-state index contributed by atoms with van der Waals surface area (Å²) in [5.41, 5.74) is 0. The third kappa shape index (κ3) is 0.814. The van der Waals surface area contributed by atoms with Gasteiger partial charge in [-0.15, -0.1) is 0 Å². The fraction of sp³-hybridized carbons (Fsp3) is 0.500. The molecule has 0 amide bonds. The highest BCUT2D eigenvalue weighted by Crippen LogP contribution is 2.14. The van der Waals surface area contributed by atoms with Gasteiger partial charge in [-0.25, -0.2) is 10.0 Å². The van der Waals surface area contributed by atoms with E-state index in [-0.39, 0.29) is 0 Å². The molecule has 0 aromatic heterocycles. The Hall–Kier alpha value is -1.19. The van der Waals surface area contributed by atoms with Crippen molar-refractivity contribution in [1.29, 1.82) is 0 Å². The van der Waals surface area contributed by atoms with E-state index >= 15 is 0 Å². The molecule has 0 radical (unpaired) electrons. The number of nitrogens with zero attached hydrogens (tertiary/aromatic N) is 3. The number of hydrazine groups is 1. The summed E-state index contributed by atoms with van der Waals surface area (Å²) in [6, 6.07) is 0.576. The normalized spacial score (nSPS) is 22.3. The van der Waals surface area contributed by atoms with Crippen LogP contribution in [0.15, 0.2) is 17.5 Å². The Morgan fingerprint density at radius 2 is 2.00 bits per heavy atom. The van der Waals surface area contributed by atoms with Crippen molar-refractivity contribution >= 4 is 6.02 Å². The van der Waals surface area contributed by atoms with Crippen LogP contribution in [0.25, 0.3) is 0 Å². The minimum atomic E-state index is 0.576. The lowest BCUT2D eigenvalue weighted by Gasteiger charge is -2.17. The molecule has 0 unspecified atom stereocenters.